The Balaban J connectivity index is 3.43. The van der Waals surface area contributed by atoms with Gasteiger partial charge in [-0.25, -0.2) is 0 Å². The lowest BCUT2D eigenvalue weighted by molar-refractivity contribution is -0.608. The van der Waals surface area contributed by atoms with Gasteiger partial charge in [0.25, 0.3) is 0 Å². The number of nitrogens with two attached hydrogens (primary N) is 1. The van der Waals surface area contributed by atoms with E-state index in [2.05, 4.69) is 20.9 Å². The Hall–Kier alpha value is -0.0800. The van der Waals surface area contributed by atoms with Crippen LogP contribution in [0.15, 0.2) is 0 Å². The molecule has 0 spiro atoms. The van der Waals surface area contributed by atoms with Gasteiger partial charge in [-0.1, -0.05) is 13.8 Å². The number of quaternary nitrogens is 1. The first-order valence-corrected chi connectivity index (χ1v) is 3.22. The summed E-state index contributed by atoms with van der Waals surface area (Å²) < 4.78 is 5.01. The smallest absolute Gasteiger partial charge is 0.0589 e. The maximum atomic E-state index is 5.01. The summed E-state index contributed by atoms with van der Waals surface area (Å²) in [5, 5.41) is 1.93. The van der Waals surface area contributed by atoms with Crippen LogP contribution in [0.1, 0.15) is 13.8 Å². The van der Waals surface area contributed by atoms with Crippen molar-refractivity contribution in [1.29, 1.82) is 0 Å². The van der Waals surface area contributed by atoms with Gasteiger partial charge in [0.05, 0.1) is 13.2 Å². The minimum absolute atomic E-state index is 0.260. The zero-order chi connectivity index (χ0) is 7.33. The molecule has 0 fully saturated rings. The van der Waals surface area contributed by atoms with E-state index in [1.54, 1.807) is 7.11 Å². The predicted molar refractivity (Wildman–Crippen MR) is 37.8 cm³/mol. The predicted octanol–water partition coefficient (Wildman–Crippen LogP) is 0.0140. The molecule has 0 aromatic rings. The lowest BCUT2D eigenvalue weighted by Crippen LogP contribution is -2.80. The third-order valence-corrected chi connectivity index (χ3v) is 1.23. The van der Waals surface area contributed by atoms with Gasteiger partial charge in [-0.05, 0) is 0 Å². The molecule has 0 radical (unpaired) electrons. The van der Waals surface area contributed by atoms with Crippen molar-refractivity contribution in [3.05, 3.63) is 7.05 Å². The molecule has 9 heavy (non-hydrogen) atoms. The Labute approximate surface area is 57.6 Å². The van der Waals surface area contributed by atoms with E-state index < -0.39 is 0 Å². The molecule has 0 unspecified atom stereocenters. The van der Waals surface area contributed by atoms with Crippen molar-refractivity contribution >= 4 is 0 Å². The molecule has 0 aliphatic rings. The zero-order valence-corrected chi connectivity index (χ0v) is 6.61. The molecule has 0 saturated carbocycles. The van der Waals surface area contributed by atoms with Crippen LogP contribution in [0.2, 0.25) is 0 Å². The quantitative estimate of drug-likeness (QED) is 0.534. The van der Waals surface area contributed by atoms with E-state index in [-0.39, 0.29) is 5.41 Å². The molecule has 2 N–H and O–H groups in total. The van der Waals surface area contributed by atoms with Crippen LogP contribution in [0, 0.1) is 12.5 Å². The Morgan fingerprint density at radius 2 is 2.11 bits per heavy atom. The molecule has 0 bridgehead atoms. The van der Waals surface area contributed by atoms with Crippen LogP contribution in [0.25, 0.3) is 0 Å². The molecule has 0 atom stereocenters. The standard InChI is InChI=1S/C7H17NO/c1-7(2,5-8-3)6-9-4/h3,5-6,8H2,1-2,4H3. The van der Waals surface area contributed by atoms with Crippen LogP contribution in [-0.2, 0) is 4.74 Å². The van der Waals surface area contributed by atoms with Crippen LogP contribution >= 0.6 is 0 Å². The highest BCUT2D eigenvalue weighted by Crippen LogP contribution is 2.10. The first-order valence-electron chi connectivity index (χ1n) is 3.22. The number of hydrogen-bond donors (Lipinski definition) is 1. The maximum absolute atomic E-state index is 5.01. The summed E-state index contributed by atoms with van der Waals surface area (Å²) in [5.74, 6) is 0. The van der Waals surface area contributed by atoms with Crippen molar-refractivity contribution in [1.82, 2.24) is 0 Å². The van der Waals surface area contributed by atoms with Gasteiger partial charge in [-0.15, -0.1) is 0 Å². The molecular weight excluding hydrogens is 114 g/mol. The van der Waals surface area contributed by atoms with Gasteiger partial charge in [0.1, 0.15) is 0 Å². The summed E-state index contributed by atoms with van der Waals surface area (Å²) >= 11 is 0. The molecule has 0 aromatic heterocycles. The van der Waals surface area contributed by atoms with Crippen LogP contribution < -0.4 is 5.32 Å². The Bertz CT molecular complexity index is 63.3. The average Bonchev–Trinajstić information content (AvgIpc) is 1.64. The topological polar surface area (TPSA) is 25.8 Å². The van der Waals surface area contributed by atoms with Crippen LogP contribution in [0.4, 0.5) is 0 Å². The van der Waals surface area contributed by atoms with Crippen molar-refractivity contribution in [2.24, 2.45) is 5.41 Å². The van der Waals surface area contributed by atoms with Crippen molar-refractivity contribution < 1.29 is 10.1 Å². The Kier molecular flexibility index (Phi) is 3.82. The molecule has 0 aromatic carbocycles. The molecule has 0 heterocycles. The Morgan fingerprint density at radius 3 is 2.44 bits per heavy atom. The zero-order valence-electron chi connectivity index (χ0n) is 6.61. The van der Waals surface area contributed by atoms with E-state index in [0.29, 0.717) is 0 Å². The van der Waals surface area contributed by atoms with E-state index in [1.165, 1.54) is 0 Å². The summed E-state index contributed by atoms with van der Waals surface area (Å²) in [4.78, 5) is 0. The maximum Gasteiger partial charge on any atom is 0.0589 e. The fourth-order valence-electron chi connectivity index (χ4n) is 0.840. The van der Waals surface area contributed by atoms with Crippen LogP contribution in [0.5, 0.6) is 0 Å². The summed E-state index contributed by atoms with van der Waals surface area (Å²) in [6, 6.07) is 0. The van der Waals surface area contributed by atoms with Gasteiger partial charge in [-0.3, -0.25) is 0 Å². The normalized spacial score (nSPS) is 12.0. The second kappa shape index (κ2) is 3.85. The fourth-order valence-corrected chi connectivity index (χ4v) is 0.840. The highest BCUT2D eigenvalue weighted by Gasteiger charge is 2.16. The van der Waals surface area contributed by atoms with E-state index >= 15 is 0 Å². The summed E-state index contributed by atoms with van der Waals surface area (Å²) in [6.07, 6.45) is 0. The van der Waals surface area contributed by atoms with Crippen molar-refractivity contribution in [2.75, 3.05) is 20.3 Å². The van der Waals surface area contributed by atoms with Crippen LogP contribution in [-0.4, -0.2) is 20.3 Å². The molecule has 56 valence electrons. The molecule has 2 nitrogen and oxygen atoms in total. The minimum atomic E-state index is 0.260. The molecular formula is C7H17NO. The Morgan fingerprint density at radius 1 is 1.56 bits per heavy atom. The van der Waals surface area contributed by atoms with Gasteiger partial charge >= 0.3 is 0 Å². The molecule has 0 aliphatic carbocycles. The SMILES string of the molecule is [CH2-][NH2+]CC(C)(C)COC. The molecule has 0 aliphatic heterocycles. The summed E-state index contributed by atoms with van der Waals surface area (Å²) in [7, 11) is 5.40. The highest BCUT2D eigenvalue weighted by molar-refractivity contribution is 4.64. The third-order valence-electron chi connectivity index (χ3n) is 1.23. The lowest BCUT2D eigenvalue weighted by atomic mass is 9.95. The number of rotatable bonds is 4. The van der Waals surface area contributed by atoms with E-state index in [0.717, 1.165) is 13.2 Å². The average molecular weight is 131 g/mol. The molecule has 2 heteroatoms. The second-order valence-electron chi connectivity index (χ2n) is 3.09. The fraction of sp³-hybridized carbons (Fsp3) is 0.857. The molecule has 0 amide bonds. The van der Waals surface area contributed by atoms with E-state index in [4.69, 9.17) is 4.74 Å². The van der Waals surface area contributed by atoms with Gasteiger partial charge in [0.2, 0.25) is 0 Å². The largest absolute Gasteiger partial charge is 0.478 e. The summed E-state index contributed by atoms with van der Waals surface area (Å²) in [5.41, 5.74) is 0.260. The monoisotopic (exact) mass is 131 g/mol. The van der Waals surface area contributed by atoms with E-state index in [9.17, 15) is 0 Å². The first-order chi connectivity index (χ1) is 4.12. The van der Waals surface area contributed by atoms with Crippen molar-refractivity contribution in [2.45, 2.75) is 13.8 Å². The number of ether oxygens (including phenoxy) is 1. The third kappa shape index (κ3) is 4.43. The molecule has 0 saturated heterocycles. The number of hydrogen-bond acceptors (Lipinski definition) is 1. The van der Waals surface area contributed by atoms with Gasteiger partial charge in [0.15, 0.2) is 0 Å². The van der Waals surface area contributed by atoms with E-state index in [1.807, 2.05) is 5.32 Å². The second-order valence-corrected chi connectivity index (χ2v) is 3.09. The van der Waals surface area contributed by atoms with Crippen molar-refractivity contribution in [3.8, 4) is 0 Å². The first kappa shape index (κ1) is 8.92. The number of methoxy groups -OCH3 is 1. The highest BCUT2D eigenvalue weighted by atomic mass is 16.5. The minimum Gasteiger partial charge on any atom is -0.478 e. The lowest BCUT2D eigenvalue weighted by Gasteiger charge is -2.21. The van der Waals surface area contributed by atoms with Gasteiger partial charge in [0, 0.05) is 12.5 Å². The van der Waals surface area contributed by atoms with Gasteiger partial charge < -0.3 is 10.1 Å². The summed E-state index contributed by atoms with van der Waals surface area (Å²) in [6.45, 7) is 6.15. The molecule has 0 rings (SSSR count). The van der Waals surface area contributed by atoms with Gasteiger partial charge in [-0.2, -0.15) is 7.05 Å². The van der Waals surface area contributed by atoms with Crippen molar-refractivity contribution in [3.63, 3.8) is 0 Å². The van der Waals surface area contributed by atoms with Crippen LogP contribution in [0.3, 0.4) is 0 Å².